The van der Waals surface area contributed by atoms with Crippen molar-refractivity contribution in [3.63, 3.8) is 0 Å². The SMILES string of the molecule is CCCO/N=C/c1ccc(OCCCOc2c(Cl)cc(OCC=C(Cl)Cl)cc2Cl)cc1. The highest BCUT2D eigenvalue weighted by atomic mass is 35.5. The number of hydrogen-bond acceptors (Lipinski definition) is 5. The van der Waals surface area contributed by atoms with Gasteiger partial charge in [-0.15, -0.1) is 0 Å². The van der Waals surface area contributed by atoms with Crippen LogP contribution >= 0.6 is 46.4 Å². The predicted molar refractivity (Wildman–Crippen MR) is 128 cm³/mol. The molecule has 0 bridgehead atoms. The van der Waals surface area contributed by atoms with Crippen molar-refractivity contribution in [1.82, 2.24) is 0 Å². The zero-order chi connectivity index (χ0) is 22.5. The zero-order valence-corrected chi connectivity index (χ0v) is 20.0. The Kier molecular flexibility index (Phi) is 11.8. The summed E-state index contributed by atoms with van der Waals surface area (Å²) in [7, 11) is 0. The third-order valence-electron chi connectivity index (χ3n) is 3.72. The second kappa shape index (κ2) is 14.3. The van der Waals surface area contributed by atoms with Crippen molar-refractivity contribution in [1.29, 1.82) is 0 Å². The molecule has 0 radical (unpaired) electrons. The first-order valence-corrected chi connectivity index (χ1v) is 11.1. The van der Waals surface area contributed by atoms with Crippen molar-refractivity contribution < 1.29 is 19.0 Å². The normalized spacial score (nSPS) is 10.7. The summed E-state index contributed by atoms with van der Waals surface area (Å²) in [5, 5.41) is 4.60. The van der Waals surface area contributed by atoms with E-state index in [1.54, 1.807) is 18.3 Å². The Morgan fingerprint density at radius 1 is 0.903 bits per heavy atom. The van der Waals surface area contributed by atoms with Crippen LogP contribution in [0.4, 0.5) is 0 Å². The molecular formula is C22H23Cl4NO4. The van der Waals surface area contributed by atoms with Crippen LogP contribution in [0.15, 0.2) is 52.1 Å². The lowest BCUT2D eigenvalue weighted by Crippen LogP contribution is -2.05. The van der Waals surface area contributed by atoms with Gasteiger partial charge in [0.05, 0.1) is 29.5 Å². The molecule has 0 N–H and O–H groups in total. The van der Waals surface area contributed by atoms with Crippen molar-refractivity contribution in [2.45, 2.75) is 19.8 Å². The highest BCUT2D eigenvalue weighted by Gasteiger charge is 2.10. The second-order valence-electron chi connectivity index (χ2n) is 6.21. The molecule has 0 amide bonds. The maximum Gasteiger partial charge on any atom is 0.156 e. The van der Waals surface area contributed by atoms with E-state index in [0.717, 1.165) is 17.7 Å². The fourth-order valence-corrected chi connectivity index (χ4v) is 2.98. The molecule has 0 aliphatic carbocycles. The van der Waals surface area contributed by atoms with Crippen LogP contribution in [0.2, 0.25) is 10.0 Å². The van der Waals surface area contributed by atoms with Crippen molar-refractivity contribution in [2.24, 2.45) is 5.16 Å². The standard InChI is InChI=1S/C22H23Cl4NO4/c1-2-9-31-27-15-16-4-6-17(7-5-16)28-10-3-11-30-22-19(23)13-18(14-20(22)24)29-12-8-21(25)26/h4-8,13-15H,2-3,9-12H2,1H3/b27-15+. The van der Waals surface area contributed by atoms with Gasteiger partial charge < -0.3 is 19.0 Å². The third-order valence-corrected chi connectivity index (χ3v) is 4.59. The predicted octanol–water partition coefficient (Wildman–Crippen LogP) is 7.30. The van der Waals surface area contributed by atoms with Crippen LogP contribution < -0.4 is 14.2 Å². The van der Waals surface area contributed by atoms with Crippen molar-refractivity contribution >= 4 is 52.6 Å². The summed E-state index contributed by atoms with van der Waals surface area (Å²) >= 11 is 23.6. The maximum atomic E-state index is 6.25. The summed E-state index contributed by atoms with van der Waals surface area (Å²) in [6.07, 6.45) is 4.76. The molecule has 168 valence electrons. The van der Waals surface area contributed by atoms with Gasteiger partial charge in [0.15, 0.2) is 5.75 Å². The Hall–Kier alpha value is -1.79. The first-order chi connectivity index (χ1) is 15.0. The molecule has 0 aromatic heterocycles. The molecule has 0 aliphatic rings. The Morgan fingerprint density at radius 2 is 1.58 bits per heavy atom. The van der Waals surface area contributed by atoms with Gasteiger partial charge in [0.1, 0.15) is 29.2 Å². The van der Waals surface area contributed by atoms with Crippen LogP contribution in [-0.2, 0) is 4.84 Å². The number of benzene rings is 2. The molecule has 5 nitrogen and oxygen atoms in total. The largest absolute Gasteiger partial charge is 0.493 e. The van der Waals surface area contributed by atoms with E-state index in [1.165, 1.54) is 6.08 Å². The number of ether oxygens (including phenoxy) is 3. The minimum Gasteiger partial charge on any atom is -0.493 e. The van der Waals surface area contributed by atoms with Gasteiger partial charge >= 0.3 is 0 Å². The van der Waals surface area contributed by atoms with E-state index >= 15 is 0 Å². The molecule has 0 unspecified atom stereocenters. The van der Waals surface area contributed by atoms with Gasteiger partial charge in [0.25, 0.3) is 0 Å². The summed E-state index contributed by atoms with van der Waals surface area (Å²) in [4.78, 5) is 5.08. The van der Waals surface area contributed by atoms with Crippen LogP contribution in [0.5, 0.6) is 17.2 Å². The number of oxime groups is 1. The number of nitrogens with zero attached hydrogens (tertiary/aromatic N) is 1. The van der Waals surface area contributed by atoms with Gasteiger partial charge in [0.2, 0.25) is 0 Å². The molecule has 2 aromatic rings. The van der Waals surface area contributed by atoms with Gasteiger partial charge in [-0.05, 0) is 42.3 Å². The Labute approximate surface area is 202 Å². The summed E-state index contributed by atoms with van der Waals surface area (Å²) < 4.78 is 17.0. The lowest BCUT2D eigenvalue weighted by molar-refractivity contribution is 0.146. The van der Waals surface area contributed by atoms with E-state index in [4.69, 9.17) is 65.5 Å². The molecular weight excluding hydrogens is 484 g/mol. The van der Waals surface area contributed by atoms with Gasteiger partial charge in [0, 0.05) is 18.6 Å². The molecule has 0 saturated heterocycles. The average molecular weight is 507 g/mol. The quantitative estimate of drug-likeness (QED) is 0.162. The average Bonchev–Trinajstić information content (AvgIpc) is 2.73. The van der Waals surface area contributed by atoms with Crippen LogP contribution in [-0.4, -0.2) is 32.6 Å². The van der Waals surface area contributed by atoms with Gasteiger partial charge in [-0.1, -0.05) is 58.5 Å². The lowest BCUT2D eigenvalue weighted by Gasteiger charge is -2.12. The smallest absolute Gasteiger partial charge is 0.156 e. The molecule has 0 spiro atoms. The fraction of sp³-hybridized carbons (Fsp3) is 0.318. The first kappa shape index (κ1) is 25.5. The summed E-state index contributed by atoms with van der Waals surface area (Å²) in [6, 6.07) is 10.8. The molecule has 0 saturated carbocycles. The van der Waals surface area contributed by atoms with Crippen molar-refractivity contribution in [3.05, 3.63) is 62.6 Å². The van der Waals surface area contributed by atoms with E-state index < -0.39 is 0 Å². The van der Waals surface area contributed by atoms with Gasteiger partial charge in [-0.25, -0.2) is 0 Å². The Morgan fingerprint density at radius 3 is 2.23 bits per heavy atom. The number of rotatable bonds is 13. The van der Waals surface area contributed by atoms with E-state index in [1.807, 2.05) is 31.2 Å². The molecule has 0 fully saturated rings. The van der Waals surface area contributed by atoms with E-state index in [0.29, 0.717) is 47.8 Å². The minimum atomic E-state index is 0.126. The maximum absolute atomic E-state index is 6.25. The molecule has 2 rings (SSSR count). The highest BCUT2D eigenvalue weighted by Crippen LogP contribution is 2.37. The van der Waals surface area contributed by atoms with Crippen LogP contribution in [0, 0.1) is 0 Å². The molecule has 0 aliphatic heterocycles. The second-order valence-corrected chi connectivity index (χ2v) is 8.03. The fourth-order valence-electron chi connectivity index (χ4n) is 2.27. The third kappa shape index (κ3) is 9.92. The molecule has 0 atom stereocenters. The van der Waals surface area contributed by atoms with Gasteiger partial charge in [-0.3, -0.25) is 0 Å². The number of hydrogen-bond donors (Lipinski definition) is 0. The zero-order valence-electron chi connectivity index (χ0n) is 17.0. The summed E-state index contributed by atoms with van der Waals surface area (Å²) in [6.45, 7) is 3.71. The Bertz CT molecular complexity index is 845. The highest BCUT2D eigenvalue weighted by molar-refractivity contribution is 6.55. The monoisotopic (exact) mass is 505 g/mol. The van der Waals surface area contributed by atoms with Crippen LogP contribution in [0.25, 0.3) is 0 Å². The first-order valence-electron chi connectivity index (χ1n) is 9.63. The van der Waals surface area contributed by atoms with E-state index in [-0.39, 0.29) is 11.1 Å². The van der Waals surface area contributed by atoms with Crippen molar-refractivity contribution in [2.75, 3.05) is 26.4 Å². The van der Waals surface area contributed by atoms with Crippen LogP contribution in [0.3, 0.4) is 0 Å². The summed E-state index contributed by atoms with van der Waals surface area (Å²) in [5.41, 5.74) is 0.935. The topological polar surface area (TPSA) is 49.3 Å². The molecule has 9 heteroatoms. The van der Waals surface area contributed by atoms with Gasteiger partial charge in [-0.2, -0.15) is 0 Å². The Balaban J connectivity index is 1.73. The van der Waals surface area contributed by atoms with Crippen LogP contribution in [0.1, 0.15) is 25.3 Å². The molecule has 0 heterocycles. The number of halogens is 4. The lowest BCUT2D eigenvalue weighted by atomic mass is 10.2. The molecule has 31 heavy (non-hydrogen) atoms. The van der Waals surface area contributed by atoms with E-state index in [2.05, 4.69) is 5.16 Å². The summed E-state index contributed by atoms with van der Waals surface area (Å²) in [5.74, 6) is 1.65. The van der Waals surface area contributed by atoms with Crippen molar-refractivity contribution in [3.8, 4) is 17.2 Å². The molecule has 2 aromatic carbocycles. The van der Waals surface area contributed by atoms with E-state index in [9.17, 15) is 0 Å². The minimum absolute atomic E-state index is 0.126.